The van der Waals surface area contributed by atoms with E-state index >= 15 is 0 Å². The quantitative estimate of drug-likeness (QED) is 0.332. The molecule has 1 aromatic heterocycles. The highest BCUT2D eigenvalue weighted by Crippen LogP contribution is 2.38. The number of para-hydroxylation sites is 1. The van der Waals surface area contributed by atoms with Crippen molar-refractivity contribution >= 4 is 45.1 Å². The van der Waals surface area contributed by atoms with Crippen LogP contribution >= 0.6 is 27.5 Å². The van der Waals surface area contributed by atoms with Crippen LogP contribution in [0.1, 0.15) is 18.5 Å². The van der Waals surface area contributed by atoms with Crippen LogP contribution < -0.4 is 10.6 Å². The summed E-state index contributed by atoms with van der Waals surface area (Å²) in [5, 5.41) is 11.6. The molecule has 1 unspecified atom stereocenters. The number of carbonyl (C=O) groups excluding carboxylic acids is 1. The molecule has 0 fully saturated rings. The van der Waals surface area contributed by atoms with Crippen molar-refractivity contribution in [2.75, 3.05) is 10.6 Å². The van der Waals surface area contributed by atoms with Crippen molar-refractivity contribution < 1.29 is 4.79 Å². The topological polar surface area (TPSA) is 71.8 Å². The summed E-state index contributed by atoms with van der Waals surface area (Å²) in [6.07, 6.45) is 0. The number of hydrogen-bond donors (Lipinski definition) is 2. The van der Waals surface area contributed by atoms with Crippen molar-refractivity contribution in [3.8, 4) is 11.4 Å². The Bertz CT molecular complexity index is 1370. The zero-order chi connectivity index (χ0) is 22.9. The molecule has 0 saturated carbocycles. The van der Waals surface area contributed by atoms with Crippen molar-refractivity contribution in [1.29, 1.82) is 0 Å². The van der Waals surface area contributed by atoms with Crippen LogP contribution in [-0.4, -0.2) is 20.7 Å². The van der Waals surface area contributed by atoms with Gasteiger partial charge in [-0.3, -0.25) is 4.79 Å². The Balaban J connectivity index is 1.62. The molecule has 6 nitrogen and oxygen atoms in total. The molecule has 164 valence electrons. The van der Waals surface area contributed by atoms with E-state index < -0.39 is 6.04 Å². The van der Waals surface area contributed by atoms with Gasteiger partial charge in [0.05, 0.1) is 10.6 Å². The number of aromatic nitrogens is 3. The van der Waals surface area contributed by atoms with E-state index in [1.54, 1.807) is 10.7 Å². The van der Waals surface area contributed by atoms with Crippen LogP contribution in [-0.2, 0) is 4.79 Å². The summed E-state index contributed by atoms with van der Waals surface area (Å²) in [7, 11) is 0. The number of anilines is 2. The van der Waals surface area contributed by atoms with Gasteiger partial charge in [-0.1, -0.05) is 70.0 Å². The standard InChI is InChI=1S/C25H19BrClN5O/c1-15-21(24(33)29-18-7-3-2-4-8-18)22(16-11-13-17(26)14-12-16)32-25(28-15)30-23(31-32)19-9-5-6-10-20(19)27/h2-14,22H,1H3,(H,29,33)(H,28,30,31). The molecule has 1 amide bonds. The highest BCUT2D eigenvalue weighted by atomic mass is 79.9. The van der Waals surface area contributed by atoms with Gasteiger partial charge in [0.1, 0.15) is 6.04 Å². The largest absolute Gasteiger partial charge is 0.328 e. The third-order valence-electron chi connectivity index (χ3n) is 5.43. The van der Waals surface area contributed by atoms with Gasteiger partial charge in [0.25, 0.3) is 5.91 Å². The number of carbonyl (C=O) groups is 1. The second kappa shape index (κ2) is 8.84. The van der Waals surface area contributed by atoms with E-state index in [-0.39, 0.29) is 5.91 Å². The lowest BCUT2D eigenvalue weighted by Gasteiger charge is -2.28. The van der Waals surface area contributed by atoms with Gasteiger partial charge in [-0.25, -0.2) is 4.68 Å². The monoisotopic (exact) mass is 519 g/mol. The van der Waals surface area contributed by atoms with Crippen LogP contribution in [0.25, 0.3) is 11.4 Å². The molecule has 4 aromatic rings. The molecule has 0 spiro atoms. The maximum Gasteiger partial charge on any atom is 0.255 e. The molecule has 1 aliphatic rings. The first-order valence-electron chi connectivity index (χ1n) is 10.3. The van der Waals surface area contributed by atoms with Gasteiger partial charge in [0.15, 0.2) is 5.82 Å². The van der Waals surface area contributed by atoms with E-state index in [1.165, 1.54) is 0 Å². The van der Waals surface area contributed by atoms with Crippen LogP contribution in [0.5, 0.6) is 0 Å². The fourth-order valence-electron chi connectivity index (χ4n) is 3.87. The fraction of sp³-hybridized carbons (Fsp3) is 0.0800. The molecule has 0 bridgehead atoms. The summed E-state index contributed by atoms with van der Waals surface area (Å²) in [6, 6.07) is 24.2. The van der Waals surface area contributed by atoms with Crippen molar-refractivity contribution in [1.82, 2.24) is 14.8 Å². The number of fused-ring (bicyclic) bond motifs is 1. The normalized spacial score (nSPS) is 15.1. The molecule has 0 saturated heterocycles. The maximum atomic E-state index is 13.5. The zero-order valence-corrected chi connectivity index (χ0v) is 19.9. The van der Waals surface area contributed by atoms with Crippen LogP contribution in [0, 0.1) is 0 Å². The molecule has 1 atom stereocenters. The van der Waals surface area contributed by atoms with Gasteiger partial charge in [-0.15, -0.1) is 5.10 Å². The highest BCUT2D eigenvalue weighted by Gasteiger charge is 2.34. The van der Waals surface area contributed by atoms with E-state index in [1.807, 2.05) is 79.7 Å². The van der Waals surface area contributed by atoms with E-state index in [2.05, 4.69) is 31.5 Å². The van der Waals surface area contributed by atoms with Crippen molar-refractivity contribution in [3.05, 3.63) is 105 Å². The Hall–Kier alpha value is -3.42. The minimum Gasteiger partial charge on any atom is -0.328 e. The number of rotatable bonds is 4. The third-order valence-corrected chi connectivity index (χ3v) is 6.29. The molecule has 0 radical (unpaired) electrons. The van der Waals surface area contributed by atoms with Gasteiger partial charge < -0.3 is 10.6 Å². The molecule has 5 rings (SSSR count). The van der Waals surface area contributed by atoms with E-state index in [0.717, 1.165) is 21.3 Å². The van der Waals surface area contributed by atoms with Crippen molar-refractivity contribution in [2.24, 2.45) is 0 Å². The third kappa shape index (κ3) is 4.17. The number of hydrogen-bond acceptors (Lipinski definition) is 4. The number of amides is 1. The number of halogens is 2. The summed E-state index contributed by atoms with van der Waals surface area (Å²) in [6.45, 7) is 1.87. The Labute approximate surface area is 204 Å². The second-order valence-corrected chi connectivity index (χ2v) is 8.94. The first kappa shape index (κ1) is 21.4. The number of nitrogens with one attached hydrogen (secondary N) is 2. The predicted octanol–water partition coefficient (Wildman–Crippen LogP) is 6.29. The van der Waals surface area contributed by atoms with Gasteiger partial charge in [-0.2, -0.15) is 4.98 Å². The van der Waals surface area contributed by atoms with Crippen LogP contribution in [0.15, 0.2) is 94.6 Å². The minimum atomic E-state index is -0.471. The van der Waals surface area contributed by atoms with Gasteiger partial charge in [0.2, 0.25) is 5.95 Å². The lowest BCUT2D eigenvalue weighted by Crippen LogP contribution is -2.31. The maximum absolute atomic E-state index is 13.5. The number of nitrogens with zero attached hydrogens (tertiary/aromatic N) is 3. The van der Waals surface area contributed by atoms with Crippen molar-refractivity contribution in [2.45, 2.75) is 13.0 Å². The summed E-state index contributed by atoms with van der Waals surface area (Å²) in [4.78, 5) is 18.2. The lowest BCUT2D eigenvalue weighted by molar-refractivity contribution is -0.113. The Morgan fingerprint density at radius 1 is 1.03 bits per heavy atom. The lowest BCUT2D eigenvalue weighted by atomic mass is 9.95. The summed E-state index contributed by atoms with van der Waals surface area (Å²) in [5.74, 6) is 0.828. The summed E-state index contributed by atoms with van der Waals surface area (Å²) in [5.41, 5.74) is 3.63. The molecule has 1 aliphatic heterocycles. The average Bonchev–Trinajstić information content (AvgIpc) is 3.23. The molecule has 8 heteroatoms. The predicted molar refractivity (Wildman–Crippen MR) is 134 cm³/mol. The molecule has 0 aliphatic carbocycles. The first-order valence-corrected chi connectivity index (χ1v) is 11.5. The average molecular weight is 521 g/mol. The minimum absolute atomic E-state index is 0.209. The zero-order valence-electron chi connectivity index (χ0n) is 17.6. The van der Waals surface area contributed by atoms with Crippen LogP contribution in [0.3, 0.4) is 0 Å². The highest BCUT2D eigenvalue weighted by molar-refractivity contribution is 9.10. The van der Waals surface area contributed by atoms with Crippen LogP contribution in [0.2, 0.25) is 5.02 Å². The first-order chi connectivity index (χ1) is 16.0. The molecular weight excluding hydrogens is 502 g/mol. The smallest absolute Gasteiger partial charge is 0.255 e. The fourth-order valence-corrected chi connectivity index (χ4v) is 4.36. The molecule has 2 heterocycles. The van der Waals surface area contributed by atoms with E-state index in [0.29, 0.717) is 28.1 Å². The summed E-state index contributed by atoms with van der Waals surface area (Å²) >= 11 is 9.89. The van der Waals surface area contributed by atoms with Gasteiger partial charge in [-0.05, 0) is 48.9 Å². The molecular formula is C25H19BrClN5O. The SMILES string of the molecule is CC1=C(C(=O)Nc2ccccc2)C(c2ccc(Br)cc2)n2nc(-c3ccccc3Cl)nc2N1. The second-order valence-electron chi connectivity index (χ2n) is 7.62. The Kier molecular flexibility index (Phi) is 5.74. The molecule has 2 N–H and O–H groups in total. The number of allylic oxidation sites excluding steroid dienone is 1. The number of benzene rings is 3. The van der Waals surface area contributed by atoms with E-state index in [9.17, 15) is 4.79 Å². The molecule has 33 heavy (non-hydrogen) atoms. The molecule has 3 aromatic carbocycles. The van der Waals surface area contributed by atoms with Crippen LogP contribution in [0.4, 0.5) is 11.6 Å². The summed E-state index contributed by atoms with van der Waals surface area (Å²) < 4.78 is 2.70. The Morgan fingerprint density at radius 3 is 2.45 bits per heavy atom. The van der Waals surface area contributed by atoms with Crippen molar-refractivity contribution in [3.63, 3.8) is 0 Å². The van der Waals surface area contributed by atoms with E-state index in [4.69, 9.17) is 16.7 Å². The Morgan fingerprint density at radius 2 is 1.73 bits per heavy atom. The van der Waals surface area contributed by atoms with Gasteiger partial charge >= 0.3 is 0 Å². The van der Waals surface area contributed by atoms with Gasteiger partial charge in [0, 0.05) is 21.4 Å².